The molecule has 0 fully saturated rings. The number of rotatable bonds is 24. The highest BCUT2D eigenvalue weighted by Gasteiger charge is 2.12. The minimum Gasteiger partial charge on any atom is -0.527 e. The van der Waals surface area contributed by atoms with Gasteiger partial charge >= 0.3 is 9.76 Å². The van der Waals surface area contributed by atoms with Crippen molar-refractivity contribution in [3.63, 3.8) is 0 Å². The minimum absolute atomic E-state index is 0.434. The number of unbranched alkanes of at least 4 members (excludes halogenated alkanes) is 3. The normalized spacial score (nSPS) is 14.5. The largest absolute Gasteiger partial charge is 0.527 e. The van der Waals surface area contributed by atoms with Gasteiger partial charge in [0, 0.05) is 12.3 Å². The fourth-order valence-corrected chi connectivity index (χ4v) is 7.45. The van der Waals surface area contributed by atoms with Crippen LogP contribution in [-0.4, -0.2) is 34.5 Å². The molecule has 0 aliphatic rings. The molecule has 0 spiro atoms. The van der Waals surface area contributed by atoms with E-state index in [2.05, 4.69) is 62.8 Å². The van der Waals surface area contributed by atoms with Gasteiger partial charge < -0.3 is 4.43 Å². The van der Waals surface area contributed by atoms with Crippen molar-refractivity contribution in [2.45, 2.75) is 144 Å². The number of pyridine rings is 1. The monoisotopic (exact) mass is 593 g/mol. The zero-order valence-electron chi connectivity index (χ0n) is 27.3. The highest BCUT2D eigenvalue weighted by molar-refractivity contribution is 6.55. The lowest BCUT2D eigenvalue weighted by Gasteiger charge is -2.15. The zero-order valence-corrected chi connectivity index (χ0v) is 29.3. The maximum atomic E-state index is 5.97. The molecule has 6 heteroatoms. The van der Waals surface area contributed by atoms with E-state index in [0.29, 0.717) is 21.6 Å². The van der Waals surface area contributed by atoms with Crippen LogP contribution in [0.2, 0.25) is 12.1 Å². The lowest BCUT2D eigenvalue weighted by Crippen LogP contribution is -2.18. The van der Waals surface area contributed by atoms with Gasteiger partial charge in [-0.1, -0.05) is 144 Å². The van der Waals surface area contributed by atoms with Crippen LogP contribution in [-0.2, 0) is 0 Å². The lowest BCUT2D eigenvalue weighted by molar-refractivity contribution is 0.400. The Hall–Kier alpha value is -1.54. The first-order valence-electron chi connectivity index (χ1n) is 16.9. The van der Waals surface area contributed by atoms with Gasteiger partial charge in [-0.2, -0.15) is 0 Å². The first-order valence-corrected chi connectivity index (χ1v) is 19.2. The van der Waals surface area contributed by atoms with Crippen molar-refractivity contribution in [2.24, 2.45) is 23.7 Å². The molecular formula is C35H59N3OSi2. The number of aromatic nitrogens is 3. The average molecular weight is 594 g/mol. The van der Waals surface area contributed by atoms with Crippen LogP contribution in [0.25, 0.3) is 11.4 Å². The quantitative estimate of drug-likeness (QED) is 0.0898. The van der Waals surface area contributed by atoms with Gasteiger partial charge in [0.1, 0.15) is 5.69 Å². The second-order valence-electron chi connectivity index (χ2n) is 12.7. The molecule has 4 nitrogen and oxygen atoms in total. The molecule has 0 aromatic carbocycles. The first-order chi connectivity index (χ1) is 19.9. The second kappa shape index (κ2) is 22.1. The Morgan fingerprint density at radius 3 is 2.05 bits per heavy atom. The van der Waals surface area contributed by atoms with E-state index in [1.165, 1.54) is 101 Å². The van der Waals surface area contributed by atoms with Gasteiger partial charge in [0.05, 0.1) is 15.2 Å². The van der Waals surface area contributed by atoms with Crippen molar-refractivity contribution in [3.8, 4) is 17.3 Å². The van der Waals surface area contributed by atoms with Crippen LogP contribution in [0, 0.1) is 23.7 Å². The fourth-order valence-electron chi connectivity index (χ4n) is 5.40. The van der Waals surface area contributed by atoms with Gasteiger partial charge in [0.25, 0.3) is 0 Å². The van der Waals surface area contributed by atoms with E-state index < -0.39 is 0 Å². The molecule has 2 aromatic rings. The molecule has 0 amide bonds. The van der Waals surface area contributed by atoms with Gasteiger partial charge in [0.2, 0.25) is 5.88 Å². The van der Waals surface area contributed by atoms with E-state index in [9.17, 15) is 0 Å². The number of nitrogens with zero attached hydrogens (tertiary/aromatic N) is 3. The Kier molecular flexibility index (Phi) is 19.2. The van der Waals surface area contributed by atoms with Gasteiger partial charge in [-0.15, -0.1) is 10.2 Å². The third kappa shape index (κ3) is 16.0. The van der Waals surface area contributed by atoms with E-state index >= 15 is 0 Å². The minimum atomic E-state index is 0.434. The molecule has 4 atom stereocenters. The summed E-state index contributed by atoms with van der Waals surface area (Å²) in [6, 6.07) is 10.6. The maximum Gasteiger partial charge on any atom is 0.313 e. The lowest BCUT2D eigenvalue weighted by atomic mass is 9.93. The Morgan fingerprint density at radius 2 is 1.34 bits per heavy atom. The molecule has 0 saturated carbocycles. The van der Waals surface area contributed by atoms with Crippen LogP contribution in [0.4, 0.5) is 0 Å². The third-order valence-corrected chi connectivity index (χ3v) is 11.0. The molecule has 0 aliphatic heterocycles. The summed E-state index contributed by atoms with van der Waals surface area (Å²) in [6.07, 6.45) is 20.8. The summed E-state index contributed by atoms with van der Waals surface area (Å²) in [7, 11) is 1.19. The Morgan fingerprint density at radius 1 is 0.683 bits per heavy atom. The van der Waals surface area contributed by atoms with Crippen molar-refractivity contribution in [2.75, 3.05) is 0 Å². The van der Waals surface area contributed by atoms with Crippen LogP contribution in [0.15, 0.2) is 30.5 Å². The van der Waals surface area contributed by atoms with Gasteiger partial charge in [0.15, 0.2) is 0 Å². The summed E-state index contributed by atoms with van der Waals surface area (Å²) in [5, 5.41) is 10.2. The van der Waals surface area contributed by atoms with Crippen LogP contribution in [0.1, 0.15) is 131 Å². The van der Waals surface area contributed by atoms with Crippen LogP contribution in [0.5, 0.6) is 5.88 Å². The van der Waals surface area contributed by atoms with Crippen molar-refractivity contribution < 1.29 is 4.43 Å². The Bertz CT molecular complexity index is 911. The summed E-state index contributed by atoms with van der Waals surface area (Å²) in [4.78, 5) is 4.68. The fraction of sp³-hybridized carbons (Fsp3) is 0.743. The molecule has 0 saturated heterocycles. The molecule has 0 aliphatic carbocycles. The van der Waals surface area contributed by atoms with Crippen molar-refractivity contribution in [3.05, 3.63) is 30.5 Å². The van der Waals surface area contributed by atoms with Crippen molar-refractivity contribution in [1.82, 2.24) is 15.2 Å². The van der Waals surface area contributed by atoms with E-state index in [1.807, 2.05) is 24.4 Å². The molecule has 4 radical (unpaired) electrons. The summed E-state index contributed by atoms with van der Waals surface area (Å²) in [6.45, 7) is 14.2. The smallest absolute Gasteiger partial charge is 0.313 e. The van der Waals surface area contributed by atoms with Crippen molar-refractivity contribution >= 4 is 24.5 Å². The SMILES string of the molecule is CCCCCC(C)CCCC(C)CCC[Si]c1cccnc1-c1ccc(O[Si]CC(C)CCC(C)CCCC)nn1. The molecule has 0 bridgehead atoms. The van der Waals surface area contributed by atoms with E-state index in [0.717, 1.165) is 44.7 Å². The number of hydrogen-bond acceptors (Lipinski definition) is 4. The van der Waals surface area contributed by atoms with Crippen molar-refractivity contribution in [1.29, 1.82) is 0 Å². The highest BCUT2D eigenvalue weighted by atomic mass is 28.2. The molecule has 2 aromatic heterocycles. The molecule has 2 heterocycles. The number of hydrogen-bond donors (Lipinski definition) is 0. The van der Waals surface area contributed by atoms with Crippen LogP contribution >= 0.6 is 0 Å². The van der Waals surface area contributed by atoms with Crippen LogP contribution in [0.3, 0.4) is 0 Å². The van der Waals surface area contributed by atoms with Gasteiger partial charge in [-0.3, -0.25) is 4.98 Å². The predicted octanol–water partition coefficient (Wildman–Crippen LogP) is 9.75. The summed E-state index contributed by atoms with van der Waals surface area (Å²) < 4.78 is 5.97. The second-order valence-corrected chi connectivity index (χ2v) is 15.0. The summed E-state index contributed by atoms with van der Waals surface area (Å²) in [5.74, 6) is 3.87. The Balaban J connectivity index is 1.69. The van der Waals surface area contributed by atoms with Crippen LogP contribution < -0.4 is 9.61 Å². The predicted molar refractivity (Wildman–Crippen MR) is 179 cm³/mol. The molecule has 41 heavy (non-hydrogen) atoms. The molecular weight excluding hydrogens is 535 g/mol. The van der Waals surface area contributed by atoms with Gasteiger partial charge in [-0.05, 0) is 47.0 Å². The van der Waals surface area contributed by atoms with Gasteiger partial charge in [-0.25, -0.2) is 0 Å². The molecule has 4 unspecified atom stereocenters. The molecule has 0 N–H and O–H groups in total. The molecule has 2 rings (SSSR count). The third-order valence-electron chi connectivity index (χ3n) is 8.39. The topological polar surface area (TPSA) is 47.9 Å². The summed E-state index contributed by atoms with van der Waals surface area (Å²) >= 11 is 0. The maximum absolute atomic E-state index is 5.97. The van der Waals surface area contributed by atoms with E-state index in [4.69, 9.17) is 4.43 Å². The van der Waals surface area contributed by atoms with E-state index in [1.54, 1.807) is 0 Å². The first kappa shape index (κ1) is 35.7. The zero-order chi connectivity index (χ0) is 29.7. The Labute approximate surface area is 258 Å². The standard InChI is InChI=1S/C35H59N3OSi2/c1-7-9-11-16-28(3)17-12-18-29(4)19-14-26-40-33-20-13-25-36-35(33)32-23-24-34(38-37-32)39-41-27-31(6)22-21-30(5)15-10-8-2/h13,20,23-25,28-31H,7-12,14-19,21-22,26-27H2,1-6H3. The highest BCUT2D eigenvalue weighted by Crippen LogP contribution is 2.22. The molecule has 228 valence electrons. The summed E-state index contributed by atoms with van der Waals surface area (Å²) in [5.41, 5.74) is 1.82. The van der Waals surface area contributed by atoms with E-state index in [-0.39, 0.29) is 0 Å². The average Bonchev–Trinajstić information content (AvgIpc) is 2.98.